The van der Waals surface area contributed by atoms with Crippen LogP contribution in [0.15, 0.2) is 33.8 Å². The SMILES string of the molecule is CCN(CC)Cc1cc(/C(C)=N\NC(=O)c2cc(C)oc2C)ccc1OC. The average Bonchev–Trinajstić information content (AvgIpc) is 3.01. The van der Waals surface area contributed by atoms with Gasteiger partial charge in [0.25, 0.3) is 5.91 Å². The van der Waals surface area contributed by atoms with Gasteiger partial charge >= 0.3 is 0 Å². The van der Waals surface area contributed by atoms with Gasteiger partial charge in [-0.2, -0.15) is 5.10 Å². The zero-order chi connectivity index (χ0) is 20.0. The predicted molar refractivity (Wildman–Crippen MR) is 107 cm³/mol. The van der Waals surface area contributed by atoms with Crippen LogP contribution in [-0.4, -0.2) is 36.7 Å². The Morgan fingerprint density at radius 2 is 1.93 bits per heavy atom. The quantitative estimate of drug-likeness (QED) is 0.564. The van der Waals surface area contributed by atoms with Gasteiger partial charge in [-0.05, 0) is 63.7 Å². The highest BCUT2D eigenvalue weighted by molar-refractivity contribution is 6.01. The lowest BCUT2D eigenvalue weighted by Crippen LogP contribution is -2.23. The van der Waals surface area contributed by atoms with Gasteiger partial charge in [0.2, 0.25) is 0 Å². The third-order valence-electron chi connectivity index (χ3n) is 4.60. The molecule has 0 saturated carbocycles. The largest absolute Gasteiger partial charge is 0.496 e. The van der Waals surface area contributed by atoms with Gasteiger partial charge in [-0.15, -0.1) is 0 Å². The van der Waals surface area contributed by atoms with E-state index < -0.39 is 0 Å². The summed E-state index contributed by atoms with van der Waals surface area (Å²) >= 11 is 0. The summed E-state index contributed by atoms with van der Waals surface area (Å²) in [7, 11) is 1.68. The third kappa shape index (κ3) is 5.20. The van der Waals surface area contributed by atoms with E-state index in [1.807, 2.05) is 26.0 Å². The number of carbonyl (C=O) groups excluding carboxylic acids is 1. The fraction of sp³-hybridized carbons (Fsp3) is 0.429. The number of methoxy groups -OCH3 is 1. The van der Waals surface area contributed by atoms with Gasteiger partial charge in [0, 0.05) is 12.1 Å². The molecule has 0 unspecified atom stereocenters. The number of ether oxygens (including phenoxy) is 1. The highest BCUT2D eigenvalue weighted by atomic mass is 16.5. The maximum absolute atomic E-state index is 12.3. The molecule has 0 saturated heterocycles. The first-order chi connectivity index (χ1) is 12.9. The van der Waals surface area contributed by atoms with Crippen LogP contribution in [0.1, 0.15) is 53.8 Å². The van der Waals surface area contributed by atoms with Gasteiger partial charge < -0.3 is 9.15 Å². The van der Waals surface area contributed by atoms with Gasteiger partial charge in [-0.25, -0.2) is 5.43 Å². The minimum atomic E-state index is -0.277. The van der Waals surface area contributed by atoms with Crippen LogP contribution in [0.2, 0.25) is 0 Å². The molecule has 146 valence electrons. The molecule has 1 N–H and O–H groups in total. The lowest BCUT2D eigenvalue weighted by atomic mass is 10.1. The first kappa shape index (κ1) is 20.7. The summed E-state index contributed by atoms with van der Waals surface area (Å²) in [6.07, 6.45) is 0. The second-order valence-corrected chi connectivity index (χ2v) is 6.45. The number of rotatable bonds is 8. The number of nitrogens with one attached hydrogen (secondary N) is 1. The van der Waals surface area contributed by atoms with E-state index in [0.29, 0.717) is 17.1 Å². The van der Waals surface area contributed by atoms with E-state index in [4.69, 9.17) is 9.15 Å². The number of hydrazone groups is 1. The predicted octanol–water partition coefficient (Wildman–Crippen LogP) is 3.90. The molecule has 6 nitrogen and oxygen atoms in total. The Morgan fingerprint density at radius 1 is 1.22 bits per heavy atom. The van der Waals surface area contributed by atoms with Crippen molar-refractivity contribution in [3.63, 3.8) is 0 Å². The molecule has 0 aliphatic rings. The summed E-state index contributed by atoms with van der Waals surface area (Å²) in [5.74, 6) is 1.87. The molecule has 2 aromatic rings. The van der Waals surface area contributed by atoms with E-state index in [0.717, 1.165) is 42.2 Å². The van der Waals surface area contributed by atoms with E-state index >= 15 is 0 Å². The normalized spacial score (nSPS) is 11.7. The molecule has 0 bridgehead atoms. The van der Waals surface area contributed by atoms with Crippen molar-refractivity contribution < 1.29 is 13.9 Å². The van der Waals surface area contributed by atoms with Crippen molar-refractivity contribution in [3.8, 4) is 5.75 Å². The average molecular weight is 371 g/mol. The molecule has 1 heterocycles. The van der Waals surface area contributed by atoms with Crippen LogP contribution >= 0.6 is 0 Å². The summed E-state index contributed by atoms with van der Waals surface area (Å²) in [6.45, 7) is 12.5. The van der Waals surface area contributed by atoms with Crippen molar-refractivity contribution in [1.82, 2.24) is 10.3 Å². The van der Waals surface area contributed by atoms with Crippen molar-refractivity contribution >= 4 is 11.6 Å². The molecule has 2 rings (SSSR count). The number of benzene rings is 1. The molecule has 0 aliphatic carbocycles. The highest BCUT2D eigenvalue weighted by Gasteiger charge is 2.14. The number of hydrogen-bond donors (Lipinski definition) is 1. The molecule has 0 fully saturated rings. The zero-order valence-corrected chi connectivity index (χ0v) is 17.0. The monoisotopic (exact) mass is 371 g/mol. The smallest absolute Gasteiger partial charge is 0.274 e. The van der Waals surface area contributed by atoms with Crippen molar-refractivity contribution in [1.29, 1.82) is 0 Å². The third-order valence-corrected chi connectivity index (χ3v) is 4.60. The molecular weight excluding hydrogens is 342 g/mol. The van der Waals surface area contributed by atoms with Crippen LogP contribution in [0.3, 0.4) is 0 Å². The maximum atomic E-state index is 12.3. The van der Waals surface area contributed by atoms with E-state index in [1.165, 1.54) is 0 Å². The zero-order valence-electron chi connectivity index (χ0n) is 17.0. The van der Waals surface area contributed by atoms with E-state index in [1.54, 1.807) is 20.1 Å². The number of aryl methyl sites for hydroxylation is 2. The van der Waals surface area contributed by atoms with Crippen LogP contribution in [-0.2, 0) is 6.54 Å². The summed E-state index contributed by atoms with van der Waals surface area (Å²) < 4.78 is 10.9. The van der Waals surface area contributed by atoms with Gasteiger partial charge in [-0.3, -0.25) is 9.69 Å². The summed E-state index contributed by atoms with van der Waals surface area (Å²) in [5.41, 5.74) is 5.88. The number of nitrogens with zero attached hydrogens (tertiary/aromatic N) is 2. The molecule has 6 heteroatoms. The van der Waals surface area contributed by atoms with Crippen LogP contribution < -0.4 is 10.2 Å². The first-order valence-electron chi connectivity index (χ1n) is 9.20. The number of carbonyl (C=O) groups is 1. The molecule has 0 spiro atoms. The summed E-state index contributed by atoms with van der Waals surface area (Å²) in [5, 5.41) is 4.26. The van der Waals surface area contributed by atoms with Crippen molar-refractivity contribution in [2.24, 2.45) is 5.10 Å². The second kappa shape index (κ2) is 9.37. The Morgan fingerprint density at radius 3 is 2.48 bits per heavy atom. The summed E-state index contributed by atoms with van der Waals surface area (Å²) in [6, 6.07) is 7.67. The Bertz CT molecular complexity index is 820. The fourth-order valence-corrected chi connectivity index (χ4v) is 2.93. The van der Waals surface area contributed by atoms with Gasteiger partial charge in [0.1, 0.15) is 17.3 Å². The van der Waals surface area contributed by atoms with E-state index in [9.17, 15) is 4.79 Å². The van der Waals surface area contributed by atoms with E-state index in [2.05, 4.69) is 35.3 Å². The molecule has 0 radical (unpaired) electrons. The van der Waals surface area contributed by atoms with Crippen LogP contribution in [0, 0.1) is 13.8 Å². The van der Waals surface area contributed by atoms with Crippen LogP contribution in [0.5, 0.6) is 5.75 Å². The standard InChI is InChI=1S/C21H29N3O3/c1-7-24(8-2)13-18-12-17(9-10-20(18)26-6)15(4)22-23-21(25)19-11-14(3)27-16(19)5/h9-12H,7-8,13H2,1-6H3,(H,23,25)/b22-15-. The minimum Gasteiger partial charge on any atom is -0.496 e. The van der Waals surface area contributed by atoms with Crippen molar-refractivity contribution in [2.75, 3.05) is 20.2 Å². The first-order valence-corrected chi connectivity index (χ1v) is 9.20. The van der Waals surface area contributed by atoms with Gasteiger partial charge in [-0.1, -0.05) is 13.8 Å². The molecule has 0 aliphatic heterocycles. The van der Waals surface area contributed by atoms with E-state index in [-0.39, 0.29) is 5.91 Å². The fourth-order valence-electron chi connectivity index (χ4n) is 2.93. The van der Waals surface area contributed by atoms with Crippen LogP contribution in [0.25, 0.3) is 0 Å². The summed E-state index contributed by atoms with van der Waals surface area (Å²) in [4.78, 5) is 14.6. The minimum absolute atomic E-state index is 0.277. The number of furan rings is 1. The lowest BCUT2D eigenvalue weighted by molar-refractivity contribution is 0.0953. The topological polar surface area (TPSA) is 67.1 Å². The van der Waals surface area contributed by atoms with Crippen molar-refractivity contribution in [2.45, 2.75) is 41.2 Å². The van der Waals surface area contributed by atoms with Crippen LogP contribution in [0.4, 0.5) is 0 Å². The molecule has 1 aromatic heterocycles. The van der Waals surface area contributed by atoms with Gasteiger partial charge in [0.05, 0.1) is 18.4 Å². The number of amides is 1. The molecule has 0 atom stereocenters. The molecule has 27 heavy (non-hydrogen) atoms. The Balaban J connectivity index is 2.19. The van der Waals surface area contributed by atoms with Gasteiger partial charge in [0.15, 0.2) is 0 Å². The Labute approximate surface area is 161 Å². The van der Waals surface area contributed by atoms with Crippen molar-refractivity contribution in [3.05, 3.63) is 52.5 Å². The highest BCUT2D eigenvalue weighted by Crippen LogP contribution is 2.22. The molecule has 1 amide bonds. The second-order valence-electron chi connectivity index (χ2n) is 6.45. The maximum Gasteiger partial charge on any atom is 0.274 e. The molecular formula is C21H29N3O3. The Kier molecular flexibility index (Phi) is 7.19. The molecule has 1 aromatic carbocycles. The number of hydrogen-bond acceptors (Lipinski definition) is 5. The lowest BCUT2D eigenvalue weighted by Gasteiger charge is -2.20. The Hall–Kier alpha value is -2.60.